The fourth-order valence-corrected chi connectivity index (χ4v) is 6.65. The number of nitrogens with two attached hydrogens (primary N) is 1. The Labute approximate surface area is 210 Å². The highest BCUT2D eigenvalue weighted by atomic mass is 16.5. The minimum absolute atomic E-state index is 0.131. The Kier molecular flexibility index (Phi) is 4.35. The van der Waals surface area contributed by atoms with Crippen molar-refractivity contribution in [2.45, 2.75) is 56.1 Å². The van der Waals surface area contributed by atoms with Gasteiger partial charge in [-0.05, 0) is 37.5 Å². The van der Waals surface area contributed by atoms with Gasteiger partial charge in [-0.25, -0.2) is 14.5 Å². The second-order valence-electron chi connectivity index (χ2n) is 11.3. The summed E-state index contributed by atoms with van der Waals surface area (Å²) < 4.78 is 10.0. The molecule has 1 saturated carbocycles. The standard InChI is InChI=1S/C27H32N8O/c1-17-12-20(34-11-10-25(3,15-34)19-8-6-5-7-9-19)13-35-23(17)30-24(32-35)27-14-26(28,16-36-27)21(27)22-29-18(2)33(4)31-22/h5-9,12-13,21H,10-11,14-16,28H2,1-4H3/t21?,25-,26?,27?/m0/s1. The van der Waals surface area contributed by atoms with Crippen LogP contribution in [0.2, 0.25) is 0 Å². The molecule has 3 aliphatic heterocycles. The Hall–Kier alpha value is -3.30. The number of aryl methyl sites for hydroxylation is 3. The third-order valence-electron chi connectivity index (χ3n) is 8.78. The molecular formula is C27H32N8O. The van der Waals surface area contributed by atoms with E-state index in [4.69, 9.17) is 20.6 Å². The molecule has 36 heavy (non-hydrogen) atoms. The van der Waals surface area contributed by atoms with Crippen LogP contribution in [0.4, 0.5) is 5.69 Å². The number of benzene rings is 1. The van der Waals surface area contributed by atoms with Crippen molar-refractivity contribution in [1.29, 1.82) is 0 Å². The van der Waals surface area contributed by atoms with Crippen molar-refractivity contribution in [3.8, 4) is 0 Å². The lowest BCUT2D eigenvalue weighted by atomic mass is 9.58. The normalized spacial score (nSPS) is 31.4. The van der Waals surface area contributed by atoms with E-state index in [1.165, 1.54) is 11.3 Å². The van der Waals surface area contributed by atoms with E-state index in [1.807, 2.05) is 18.5 Å². The molecule has 186 valence electrons. The smallest absolute Gasteiger partial charge is 0.184 e. The summed E-state index contributed by atoms with van der Waals surface area (Å²) >= 11 is 0. The third-order valence-corrected chi connectivity index (χ3v) is 8.78. The summed E-state index contributed by atoms with van der Waals surface area (Å²) in [5, 5.41) is 9.61. The number of nitrogens with zero attached hydrogens (tertiary/aromatic N) is 7. The van der Waals surface area contributed by atoms with E-state index in [1.54, 1.807) is 4.68 Å². The van der Waals surface area contributed by atoms with Gasteiger partial charge in [-0.1, -0.05) is 37.3 Å². The van der Waals surface area contributed by atoms with E-state index in [9.17, 15) is 0 Å². The molecule has 3 unspecified atom stereocenters. The number of aromatic nitrogens is 6. The van der Waals surface area contributed by atoms with E-state index in [-0.39, 0.29) is 11.3 Å². The summed E-state index contributed by atoms with van der Waals surface area (Å²) in [6.45, 7) is 8.85. The molecule has 3 aromatic heterocycles. The van der Waals surface area contributed by atoms with Gasteiger partial charge in [0.25, 0.3) is 0 Å². The lowest BCUT2D eigenvalue weighted by molar-refractivity contribution is -0.0394. The Morgan fingerprint density at radius 2 is 1.92 bits per heavy atom. The van der Waals surface area contributed by atoms with Gasteiger partial charge >= 0.3 is 0 Å². The largest absolute Gasteiger partial charge is 0.369 e. The topological polar surface area (TPSA) is 99.4 Å². The van der Waals surface area contributed by atoms with Crippen LogP contribution in [0.3, 0.4) is 0 Å². The van der Waals surface area contributed by atoms with Crippen LogP contribution in [0.1, 0.15) is 54.3 Å². The molecule has 2 N–H and O–H groups in total. The monoisotopic (exact) mass is 484 g/mol. The molecule has 4 atom stereocenters. The summed E-state index contributed by atoms with van der Waals surface area (Å²) in [5.74, 6) is 2.08. The molecule has 2 bridgehead atoms. The SMILES string of the molecule is Cc1cc(N2CC[C@](C)(c3ccccc3)C2)cn2nc(C34CC(N)(CO3)C4c3nc(C)n(C)n3)nc12. The number of ether oxygens (including phenoxy) is 1. The zero-order valence-corrected chi connectivity index (χ0v) is 21.3. The van der Waals surface area contributed by atoms with E-state index >= 15 is 0 Å². The summed E-state index contributed by atoms with van der Waals surface area (Å²) in [7, 11) is 1.90. The number of pyridine rings is 1. The molecule has 8 rings (SSSR count). The summed E-state index contributed by atoms with van der Waals surface area (Å²) in [4.78, 5) is 12.1. The van der Waals surface area contributed by atoms with Gasteiger partial charge in [0, 0.05) is 32.0 Å². The van der Waals surface area contributed by atoms with E-state index in [2.05, 4.69) is 71.4 Å². The molecule has 6 heterocycles. The van der Waals surface area contributed by atoms with Gasteiger partial charge in [0.05, 0.1) is 29.9 Å². The molecule has 4 fully saturated rings. The predicted octanol–water partition coefficient (Wildman–Crippen LogP) is 2.75. The average molecular weight is 485 g/mol. The first-order valence-corrected chi connectivity index (χ1v) is 12.7. The molecule has 4 aromatic rings. The van der Waals surface area contributed by atoms with Gasteiger partial charge in [-0.15, -0.1) is 5.10 Å². The van der Waals surface area contributed by atoms with Crippen LogP contribution in [-0.4, -0.2) is 54.6 Å². The molecule has 1 aromatic carbocycles. The second kappa shape index (κ2) is 7.14. The number of anilines is 1. The molecule has 9 heteroatoms. The van der Waals surface area contributed by atoms with Crippen LogP contribution in [0, 0.1) is 13.8 Å². The first-order valence-electron chi connectivity index (χ1n) is 12.7. The van der Waals surface area contributed by atoms with Gasteiger partial charge in [0.2, 0.25) is 0 Å². The minimum Gasteiger partial charge on any atom is -0.369 e. The van der Waals surface area contributed by atoms with Crippen LogP contribution in [0.15, 0.2) is 42.6 Å². The molecule has 0 amide bonds. The molecule has 9 nitrogen and oxygen atoms in total. The number of fused-ring (bicyclic) bond motifs is 2. The third kappa shape index (κ3) is 2.90. The highest BCUT2D eigenvalue weighted by molar-refractivity contribution is 5.58. The Balaban J connectivity index is 1.23. The van der Waals surface area contributed by atoms with Crippen LogP contribution < -0.4 is 10.6 Å². The molecule has 0 spiro atoms. The molecule has 3 saturated heterocycles. The van der Waals surface area contributed by atoms with Crippen molar-refractivity contribution in [3.63, 3.8) is 0 Å². The van der Waals surface area contributed by atoms with Crippen molar-refractivity contribution in [2.75, 3.05) is 24.6 Å². The van der Waals surface area contributed by atoms with Gasteiger partial charge in [-0.3, -0.25) is 4.68 Å². The van der Waals surface area contributed by atoms with Crippen molar-refractivity contribution in [3.05, 3.63) is 71.2 Å². The maximum Gasteiger partial charge on any atom is 0.184 e. The molecule has 4 aliphatic rings. The fraction of sp³-hybridized carbons (Fsp3) is 0.481. The van der Waals surface area contributed by atoms with Crippen molar-refractivity contribution in [1.82, 2.24) is 29.4 Å². The highest BCUT2D eigenvalue weighted by Gasteiger charge is 2.73. The number of hydrogen-bond acceptors (Lipinski definition) is 7. The minimum atomic E-state index is -0.680. The first kappa shape index (κ1) is 21.9. The van der Waals surface area contributed by atoms with Crippen LogP contribution in [0.25, 0.3) is 5.65 Å². The zero-order valence-electron chi connectivity index (χ0n) is 21.3. The Morgan fingerprint density at radius 1 is 1.11 bits per heavy atom. The van der Waals surface area contributed by atoms with Crippen molar-refractivity contribution in [2.24, 2.45) is 12.8 Å². The maximum absolute atomic E-state index is 6.72. The lowest BCUT2D eigenvalue weighted by Gasteiger charge is -2.47. The fourth-order valence-electron chi connectivity index (χ4n) is 6.65. The van der Waals surface area contributed by atoms with Gasteiger partial charge in [0.1, 0.15) is 11.4 Å². The maximum atomic E-state index is 6.72. The van der Waals surface area contributed by atoms with E-state index in [0.717, 1.165) is 42.4 Å². The Morgan fingerprint density at radius 3 is 2.64 bits per heavy atom. The summed E-state index contributed by atoms with van der Waals surface area (Å²) in [6, 6.07) is 13.1. The van der Waals surface area contributed by atoms with Crippen molar-refractivity contribution < 1.29 is 4.74 Å². The first-order chi connectivity index (χ1) is 17.2. The summed E-state index contributed by atoms with van der Waals surface area (Å²) in [5.41, 5.74) is 10.2. The van der Waals surface area contributed by atoms with Crippen LogP contribution in [-0.2, 0) is 22.8 Å². The number of rotatable bonds is 4. The zero-order chi connectivity index (χ0) is 24.9. The average Bonchev–Trinajstić information content (AvgIpc) is 3.64. The van der Waals surface area contributed by atoms with E-state index < -0.39 is 11.1 Å². The van der Waals surface area contributed by atoms with Crippen LogP contribution >= 0.6 is 0 Å². The van der Waals surface area contributed by atoms with Gasteiger partial charge in [0.15, 0.2) is 17.3 Å². The predicted molar refractivity (Wildman–Crippen MR) is 136 cm³/mol. The van der Waals surface area contributed by atoms with E-state index in [0.29, 0.717) is 18.9 Å². The summed E-state index contributed by atoms with van der Waals surface area (Å²) in [6.07, 6.45) is 3.89. The van der Waals surface area contributed by atoms with Crippen LogP contribution in [0.5, 0.6) is 0 Å². The van der Waals surface area contributed by atoms with Gasteiger partial charge in [-0.2, -0.15) is 5.10 Å². The van der Waals surface area contributed by atoms with Crippen molar-refractivity contribution >= 4 is 11.3 Å². The number of hydrogen-bond donors (Lipinski definition) is 1. The Bertz CT molecular complexity index is 1470. The molecule has 1 aliphatic carbocycles. The molecule has 0 radical (unpaired) electrons. The second-order valence-corrected chi connectivity index (χ2v) is 11.3. The quantitative estimate of drug-likeness (QED) is 0.475. The van der Waals surface area contributed by atoms with Gasteiger partial charge < -0.3 is 15.4 Å². The lowest BCUT2D eigenvalue weighted by Crippen LogP contribution is -2.61. The highest BCUT2D eigenvalue weighted by Crippen LogP contribution is 2.64. The molecular weight excluding hydrogens is 452 g/mol.